The Morgan fingerprint density at radius 3 is 2.44 bits per heavy atom. The first-order valence-electron chi connectivity index (χ1n) is 11.4. The number of nitrogens with one attached hydrogen (secondary N) is 2. The zero-order valence-corrected chi connectivity index (χ0v) is 18.0. The van der Waals surface area contributed by atoms with Crippen molar-refractivity contribution < 1.29 is 9.90 Å². The lowest BCUT2D eigenvalue weighted by Crippen LogP contribution is -2.33. The van der Waals surface area contributed by atoms with E-state index >= 15 is 0 Å². The summed E-state index contributed by atoms with van der Waals surface area (Å²) >= 11 is 0. The van der Waals surface area contributed by atoms with Gasteiger partial charge in [-0.15, -0.1) is 0 Å². The van der Waals surface area contributed by atoms with Crippen molar-refractivity contribution in [3.8, 4) is 0 Å². The molecule has 2 aliphatic carbocycles. The zero-order valence-electron chi connectivity index (χ0n) is 18.0. The summed E-state index contributed by atoms with van der Waals surface area (Å²) in [5, 5.41) is 16.0. The van der Waals surface area contributed by atoms with Crippen LogP contribution in [-0.4, -0.2) is 42.7 Å². The van der Waals surface area contributed by atoms with Gasteiger partial charge in [0.15, 0.2) is 17.0 Å². The molecule has 0 aliphatic heterocycles. The Labute approximate surface area is 186 Å². The molecule has 0 spiro atoms. The van der Waals surface area contributed by atoms with Gasteiger partial charge in [0.1, 0.15) is 0 Å². The van der Waals surface area contributed by atoms with Gasteiger partial charge in [-0.05, 0) is 62.8 Å². The summed E-state index contributed by atoms with van der Waals surface area (Å²) < 4.78 is 2.19. The van der Waals surface area contributed by atoms with Crippen molar-refractivity contribution in [2.24, 2.45) is 5.73 Å². The molecule has 2 aliphatic rings. The highest BCUT2D eigenvalue weighted by Crippen LogP contribution is 2.34. The number of benzene rings is 1. The number of carboxylic acids is 1. The second kappa shape index (κ2) is 8.74. The van der Waals surface area contributed by atoms with E-state index in [1.807, 2.05) is 6.33 Å². The van der Waals surface area contributed by atoms with Crippen LogP contribution in [-0.2, 0) is 0 Å². The molecule has 0 saturated heterocycles. The molecular weight excluding hydrogens is 406 g/mol. The van der Waals surface area contributed by atoms with Crippen LogP contribution < -0.4 is 16.4 Å². The molecule has 5 N–H and O–H groups in total. The molecule has 9 nitrogen and oxygen atoms in total. The monoisotopic (exact) mass is 435 g/mol. The number of aromatic carboxylic acids is 1. The first-order valence-corrected chi connectivity index (χ1v) is 11.4. The molecule has 0 unspecified atom stereocenters. The molecule has 2 aromatic heterocycles. The van der Waals surface area contributed by atoms with E-state index in [-0.39, 0.29) is 11.6 Å². The maximum atomic E-state index is 11.2. The first-order chi connectivity index (χ1) is 15.6. The van der Waals surface area contributed by atoms with Gasteiger partial charge < -0.3 is 26.0 Å². The van der Waals surface area contributed by atoms with Crippen LogP contribution in [0.25, 0.3) is 11.2 Å². The molecule has 9 heteroatoms. The Morgan fingerprint density at radius 1 is 1.03 bits per heavy atom. The van der Waals surface area contributed by atoms with E-state index in [1.165, 1.54) is 12.8 Å². The smallest absolute Gasteiger partial charge is 0.335 e. The molecule has 0 bridgehead atoms. The van der Waals surface area contributed by atoms with Crippen molar-refractivity contribution in [1.29, 1.82) is 0 Å². The lowest BCUT2D eigenvalue weighted by Gasteiger charge is -2.27. The van der Waals surface area contributed by atoms with Crippen molar-refractivity contribution in [1.82, 2.24) is 19.5 Å². The molecule has 0 amide bonds. The minimum Gasteiger partial charge on any atom is -0.478 e. The predicted molar refractivity (Wildman–Crippen MR) is 123 cm³/mol. The van der Waals surface area contributed by atoms with Crippen LogP contribution >= 0.6 is 0 Å². The van der Waals surface area contributed by atoms with Gasteiger partial charge in [0.2, 0.25) is 5.95 Å². The summed E-state index contributed by atoms with van der Waals surface area (Å²) in [6.45, 7) is 0. The molecule has 5 rings (SSSR count). The van der Waals surface area contributed by atoms with Crippen LogP contribution in [0.2, 0.25) is 0 Å². The van der Waals surface area contributed by atoms with Crippen molar-refractivity contribution in [2.45, 2.75) is 69.5 Å². The minimum absolute atomic E-state index is 0.242. The largest absolute Gasteiger partial charge is 0.478 e. The average molecular weight is 436 g/mol. The predicted octanol–water partition coefficient (Wildman–Crippen LogP) is 4.07. The molecule has 1 aromatic carbocycles. The fourth-order valence-electron chi connectivity index (χ4n) is 4.80. The highest BCUT2D eigenvalue weighted by molar-refractivity contribution is 5.89. The summed E-state index contributed by atoms with van der Waals surface area (Å²) in [6.07, 6.45) is 10.6. The van der Waals surface area contributed by atoms with E-state index in [0.29, 0.717) is 23.8 Å². The second-order valence-electron chi connectivity index (χ2n) is 8.92. The van der Waals surface area contributed by atoms with E-state index in [1.54, 1.807) is 24.3 Å². The van der Waals surface area contributed by atoms with Crippen molar-refractivity contribution in [2.75, 3.05) is 10.6 Å². The number of carbonyl (C=O) groups is 1. The highest BCUT2D eigenvalue weighted by atomic mass is 16.4. The molecular formula is C23H29N7O2. The number of nitrogens with zero attached hydrogens (tertiary/aromatic N) is 4. The van der Waals surface area contributed by atoms with Crippen LogP contribution in [0.5, 0.6) is 0 Å². The summed E-state index contributed by atoms with van der Waals surface area (Å²) in [7, 11) is 0. The van der Waals surface area contributed by atoms with Gasteiger partial charge in [0, 0.05) is 23.8 Å². The minimum atomic E-state index is -0.949. The maximum absolute atomic E-state index is 11.2. The van der Waals surface area contributed by atoms with Gasteiger partial charge in [0.25, 0.3) is 0 Å². The van der Waals surface area contributed by atoms with E-state index in [2.05, 4.69) is 20.2 Å². The standard InChI is InChI=1S/C23H29N7O2/c24-15-7-11-17(12-8-15)27-23-28-20(26-16-9-5-14(6-10-16)22(31)32)19-21(29-23)30(13-25-19)18-3-1-2-4-18/h5-6,9-10,13,15,17-18H,1-4,7-8,11-12,24H2,(H,31,32)(H2,26,27,28,29)/t15-,17-. The van der Waals surface area contributed by atoms with Gasteiger partial charge >= 0.3 is 5.97 Å². The summed E-state index contributed by atoms with van der Waals surface area (Å²) in [6, 6.07) is 7.62. The van der Waals surface area contributed by atoms with E-state index in [9.17, 15) is 4.79 Å². The van der Waals surface area contributed by atoms with Gasteiger partial charge in [0.05, 0.1) is 11.9 Å². The molecule has 2 heterocycles. The molecule has 2 fully saturated rings. The maximum Gasteiger partial charge on any atom is 0.335 e. The molecule has 168 valence electrons. The van der Waals surface area contributed by atoms with Gasteiger partial charge in [-0.2, -0.15) is 9.97 Å². The zero-order chi connectivity index (χ0) is 22.1. The summed E-state index contributed by atoms with van der Waals surface area (Å²) in [4.78, 5) is 25.4. The lowest BCUT2D eigenvalue weighted by molar-refractivity contribution is 0.0697. The van der Waals surface area contributed by atoms with Crippen LogP contribution in [0.1, 0.15) is 67.8 Å². The number of rotatable bonds is 6. The Hall–Kier alpha value is -3.20. The topological polar surface area (TPSA) is 131 Å². The molecule has 3 aromatic rings. The second-order valence-corrected chi connectivity index (χ2v) is 8.92. The van der Waals surface area contributed by atoms with Crippen molar-refractivity contribution in [3.05, 3.63) is 36.2 Å². The van der Waals surface area contributed by atoms with Crippen LogP contribution in [0, 0.1) is 0 Å². The normalized spacial score (nSPS) is 21.7. The SMILES string of the molecule is N[C@H]1CC[C@H](Nc2nc(Nc3ccc(C(=O)O)cc3)c3ncn(C4CCCC4)c3n2)CC1. The van der Waals surface area contributed by atoms with Gasteiger partial charge in [-0.25, -0.2) is 9.78 Å². The van der Waals surface area contributed by atoms with E-state index in [4.69, 9.17) is 20.8 Å². The Bertz CT molecular complexity index is 1100. The Morgan fingerprint density at radius 2 is 1.75 bits per heavy atom. The molecule has 0 atom stereocenters. The van der Waals surface area contributed by atoms with Crippen LogP contribution in [0.3, 0.4) is 0 Å². The Kier molecular flexibility index (Phi) is 5.65. The fourth-order valence-corrected chi connectivity index (χ4v) is 4.80. The number of nitrogens with two attached hydrogens (primary N) is 1. The van der Waals surface area contributed by atoms with Crippen molar-refractivity contribution in [3.63, 3.8) is 0 Å². The number of hydrogen-bond acceptors (Lipinski definition) is 7. The molecule has 0 radical (unpaired) electrons. The average Bonchev–Trinajstić information content (AvgIpc) is 3.46. The number of aromatic nitrogens is 4. The quantitative estimate of drug-likeness (QED) is 0.456. The number of fused-ring (bicyclic) bond motifs is 1. The lowest BCUT2D eigenvalue weighted by atomic mass is 9.92. The fraction of sp³-hybridized carbons (Fsp3) is 0.478. The van der Waals surface area contributed by atoms with Gasteiger partial charge in [-0.3, -0.25) is 0 Å². The number of anilines is 3. The summed E-state index contributed by atoms with van der Waals surface area (Å²) in [5.74, 6) is 0.252. The molecule has 2 saturated carbocycles. The number of carboxylic acid groups (broad SMARTS) is 1. The summed E-state index contributed by atoms with van der Waals surface area (Å²) in [5.41, 5.74) is 8.60. The third kappa shape index (κ3) is 4.25. The third-order valence-corrected chi connectivity index (χ3v) is 6.64. The third-order valence-electron chi connectivity index (χ3n) is 6.64. The highest BCUT2D eigenvalue weighted by Gasteiger charge is 2.24. The van der Waals surface area contributed by atoms with E-state index in [0.717, 1.165) is 55.4 Å². The number of imidazole rings is 1. The Balaban J connectivity index is 1.48. The molecule has 32 heavy (non-hydrogen) atoms. The first kappa shape index (κ1) is 20.7. The van der Waals surface area contributed by atoms with Crippen LogP contribution in [0.4, 0.5) is 17.5 Å². The van der Waals surface area contributed by atoms with Gasteiger partial charge in [-0.1, -0.05) is 12.8 Å². The van der Waals surface area contributed by atoms with Crippen LogP contribution in [0.15, 0.2) is 30.6 Å². The van der Waals surface area contributed by atoms with E-state index < -0.39 is 5.97 Å². The number of hydrogen-bond donors (Lipinski definition) is 4. The van der Waals surface area contributed by atoms with Crippen molar-refractivity contribution >= 4 is 34.6 Å².